The number of carboxylic acids is 1. The van der Waals surface area contributed by atoms with Crippen LogP contribution >= 0.6 is 0 Å². The lowest BCUT2D eigenvalue weighted by Gasteiger charge is -2.36. The highest BCUT2D eigenvalue weighted by molar-refractivity contribution is 5.78. The maximum Gasteiger partial charge on any atom is 0.303 e. The van der Waals surface area contributed by atoms with E-state index in [9.17, 15) is 9.59 Å². The van der Waals surface area contributed by atoms with Crippen LogP contribution in [0.1, 0.15) is 25.7 Å². The Morgan fingerprint density at radius 2 is 2.33 bits per heavy atom. The summed E-state index contributed by atoms with van der Waals surface area (Å²) in [6, 6.07) is -0.133. The van der Waals surface area contributed by atoms with Gasteiger partial charge in [0.25, 0.3) is 0 Å². The monoisotopic (exact) mass is 257 g/mol. The fourth-order valence-electron chi connectivity index (χ4n) is 2.45. The molecule has 2 aliphatic rings. The van der Waals surface area contributed by atoms with E-state index in [1.807, 2.05) is 0 Å². The largest absolute Gasteiger partial charge is 0.481 e. The van der Waals surface area contributed by atoms with Crippen LogP contribution in [0.15, 0.2) is 0 Å². The van der Waals surface area contributed by atoms with E-state index < -0.39 is 5.97 Å². The first kappa shape index (κ1) is 13.3. The zero-order chi connectivity index (χ0) is 13.0. The number of morpholine rings is 1. The molecular formula is C12H19NO5. The van der Waals surface area contributed by atoms with Gasteiger partial charge >= 0.3 is 5.97 Å². The summed E-state index contributed by atoms with van der Waals surface area (Å²) in [4.78, 5) is 24.2. The molecule has 6 heteroatoms. The Bertz CT molecular complexity index is 314. The molecule has 0 spiro atoms. The third-order valence-electron chi connectivity index (χ3n) is 3.41. The van der Waals surface area contributed by atoms with E-state index >= 15 is 0 Å². The molecule has 0 aromatic heterocycles. The van der Waals surface area contributed by atoms with Crippen LogP contribution in [0.5, 0.6) is 0 Å². The van der Waals surface area contributed by atoms with Gasteiger partial charge in [-0.2, -0.15) is 0 Å². The molecule has 0 saturated carbocycles. The highest BCUT2D eigenvalue weighted by Gasteiger charge is 2.31. The van der Waals surface area contributed by atoms with E-state index in [0.29, 0.717) is 19.6 Å². The van der Waals surface area contributed by atoms with E-state index in [0.717, 1.165) is 19.4 Å². The summed E-state index contributed by atoms with van der Waals surface area (Å²) in [7, 11) is 0. The van der Waals surface area contributed by atoms with E-state index in [1.165, 1.54) is 0 Å². The summed E-state index contributed by atoms with van der Waals surface area (Å²) in [6.07, 6.45) is 2.59. The molecule has 1 amide bonds. The Balaban J connectivity index is 1.91. The molecule has 2 unspecified atom stereocenters. The van der Waals surface area contributed by atoms with Gasteiger partial charge in [-0.05, 0) is 19.3 Å². The highest BCUT2D eigenvalue weighted by atomic mass is 16.5. The van der Waals surface area contributed by atoms with Gasteiger partial charge in [0.15, 0.2) is 0 Å². The normalized spacial score (nSPS) is 28.7. The van der Waals surface area contributed by atoms with Gasteiger partial charge in [0, 0.05) is 19.6 Å². The standard InChI is InChI=1S/C12H19NO5/c14-11-8-17-7-9(3-4-12(15)16)13(11)6-10-2-1-5-18-10/h9-10H,1-8H2,(H,15,16). The minimum atomic E-state index is -0.843. The first-order valence-corrected chi connectivity index (χ1v) is 6.37. The number of carbonyl (C=O) groups excluding carboxylic acids is 1. The first-order valence-electron chi connectivity index (χ1n) is 6.37. The maximum absolute atomic E-state index is 11.8. The summed E-state index contributed by atoms with van der Waals surface area (Å²) in [6.45, 7) is 1.83. The molecule has 2 atom stereocenters. The predicted molar refractivity (Wildman–Crippen MR) is 62.2 cm³/mol. The number of carbonyl (C=O) groups is 2. The second-order valence-corrected chi connectivity index (χ2v) is 4.78. The van der Waals surface area contributed by atoms with Gasteiger partial charge in [-0.1, -0.05) is 0 Å². The quantitative estimate of drug-likeness (QED) is 0.764. The van der Waals surface area contributed by atoms with Crippen molar-refractivity contribution in [2.24, 2.45) is 0 Å². The Morgan fingerprint density at radius 3 is 3.00 bits per heavy atom. The molecule has 2 fully saturated rings. The first-order chi connectivity index (χ1) is 8.66. The van der Waals surface area contributed by atoms with Crippen LogP contribution in [-0.4, -0.2) is 60.4 Å². The number of carboxylic acid groups (broad SMARTS) is 1. The van der Waals surface area contributed by atoms with Crippen molar-refractivity contribution in [1.29, 1.82) is 0 Å². The molecule has 0 radical (unpaired) electrons. The van der Waals surface area contributed by atoms with Gasteiger partial charge in [0.05, 0.1) is 18.8 Å². The molecule has 6 nitrogen and oxygen atoms in total. The van der Waals surface area contributed by atoms with E-state index in [4.69, 9.17) is 14.6 Å². The minimum absolute atomic E-state index is 0.0589. The molecule has 18 heavy (non-hydrogen) atoms. The summed E-state index contributed by atoms with van der Waals surface area (Å²) < 4.78 is 10.7. The van der Waals surface area contributed by atoms with E-state index in [2.05, 4.69) is 0 Å². The number of hydrogen-bond acceptors (Lipinski definition) is 4. The van der Waals surface area contributed by atoms with Crippen molar-refractivity contribution in [2.45, 2.75) is 37.8 Å². The minimum Gasteiger partial charge on any atom is -0.481 e. The third kappa shape index (κ3) is 3.43. The van der Waals surface area contributed by atoms with Gasteiger partial charge in [-0.3, -0.25) is 9.59 Å². The molecule has 0 aliphatic carbocycles. The lowest BCUT2D eigenvalue weighted by molar-refractivity contribution is -0.152. The third-order valence-corrected chi connectivity index (χ3v) is 3.41. The van der Waals surface area contributed by atoms with Gasteiger partial charge in [0.1, 0.15) is 6.61 Å². The summed E-state index contributed by atoms with van der Waals surface area (Å²) >= 11 is 0. The maximum atomic E-state index is 11.8. The topological polar surface area (TPSA) is 76.1 Å². The Kier molecular flexibility index (Phi) is 4.54. The van der Waals surface area contributed by atoms with Crippen molar-refractivity contribution < 1.29 is 24.2 Å². The lowest BCUT2D eigenvalue weighted by Crippen LogP contribution is -2.52. The number of hydrogen-bond donors (Lipinski definition) is 1. The van der Waals surface area contributed by atoms with Crippen molar-refractivity contribution in [3.8, 4) is 0 Å². The van der Waals surface area contributed by atoms with Crippen molar-refractivity contribution in [3.05, 3.63) is 0 Å². The molecule has 2 saturated heterocycles. The van der Waals surface area contributed by atoms with Crippen molar-refractivity contribution in [2.75, 3.05) is 26.4 Å². The van der Waals surface area contributed by atoms with Crippen LogP contribution in [0.25, 0.3) is 0 Å². The number of rotatable bonds is 5. The number of ether oxygens (including phenoxy) is 2. The summed E-state index contributed by atoms with van der Waals surface area (Å²) in [5.41, 5.74) is 0. The highest BCUT2D eigenvalue weighted by Crippen LogP contribution is 2.19. The second kappa shape index (κ2) is 6.15. The molecule has 1 N–H and O–H groups in total. The van der Waals surface area contributed by atoms with Crippen LogP contribution in [0.4, 0.5) is 0 Å². The van der Waals surface area contributed by atoms with E-state index in [1.54, 1.807) is 4.90 Å². The zero-order valence-corrected chi connectivity index (χ0v) is 10.3. The number of amides is 1. The average molecular weight is 257 g/mol. The summed E-state index contributed by atoms with van der Waals surface area (Å²) in [5, 5.41) is 8.71. The van der Waals surface area contributed by atoms with E-state index in [-0.39, 0.29) is 31.1 Å². The van der Waals surface area contributed by atoms with Gasteiger partial charge in [-0.15, -0.1) is 0 Å². The Morgan fingerprint density at radius 1 is 1.50 bits per heavy atom. The van der Waals surface area contributed by atoms with Crippen molar-refractivity contribution in [1.82, 2.24) is 4.90 Å². The summed E-state index contributed by atoms with van der Waals surface area (Å²) in [5.74, 6) is -0.905. The van der Waals surface area contributed by atoms with Crippen LogP contribution in [0.2, 0.25) is 0 Å². The predicted octanol–water partition coefficient (Wildman–Crippen LogP) is 0.258. The van der Waals surface area contributed by atoms with Crippen LogP contribution in [-0.2, 0) is 19.1 Å². The molecule has 0 aromatic carbocycles. The molecule has 0 aromatic rings. The molecule has 0 bridgehead atoms. The van der Waals surface area contributed by atoms with Crippen LogP contribution in [0, 0.1) is 0 Å². The lowest BCUT2D eigenvalue weighted by atomic mass is 10.1. The molecule has 2 aliphatic heterocycles. The van der Waals surface area contributed by atoms with Crippen LogP contribution in [0.3, 0.4) is 0 Å². The van der Waals surface area contributed by atoms with Gasteiger partial charge in [-0.25, -0.2) is 0 Å². The fourth-order valence-corrected chi connectivity index (χ4v) is 2.45. The second-order valence-electron chi connectivity index (χ2n) is 4.78. The Hall–Kier alpha value is -1.14. The average Bonchev–Trinajstić information content (AvgIpc) is 2.82. The molecular weight excluding hydrogens is 238 g/mol. The van der Waals surface area contributed by atoms with Crippen molar-refractivity contribution >= 4 is 11.9 Å². The Labute approximate surface area is 106 Å². The van der Waals surface area contributed by atoms with Crippen molar-refractivity contribution in [3.63, 3.8) is 0 Å². The zero-order valence-electron chi connectivity index (χ0n) is 10.3. The molecule has 2 rings (SSSR count). The smallest absolute Gasteiger partial charge is 0.303 e. The number of aliphatic carboxylic acids is 1. The molecule has 102 valence electrons. The SMILES string of the molecule is O=C(O)CCC1COCC(=O)N1CC1CCCO1. The van der Waals surface area contributed by atoms with Crippen LogP contribution < -0.4 is 0 Å². The van der Waals surface area contributed by atoms with Gasteiger partial charge in [0.2, 0.25) is 5.91 Å². The van der Waals surface area contributed by atoms with Gasteiger partial charge < -0.3 is 19.5 Å². The fraction of sp³-hybridized carbons (Fsp3) is 0.833. The number of nitrogens with zero attached hydrogens (tertiary/aromatic N) is 1. The molecule has 2 heterocycles.